The highest BCUT2D eigenvalue weighted by atomic mass is 79.9. The van der Waals surface area contributed by atoms with Crippen LogP contribution in [0.4, 0.5) is 0 Å². The second-order valence-corrected chi connectivity index (χ2v) is 5.40. The number of nitrogens with one attached hydrogen (secondary N) is 1. The van der Waals surface area contributed by atoms with Gasteiger partial charge in [0.1, 0.15) is 0 Å². The quantitative estimate of drug-likeness (QED) is 0.942. The summed E-state index contributed by atoms with van der Waals surface area (Å²) in [6, 6.07) is 8.31. The maximum Gasteiger partial charge on any atom is 0.0568 e. The molecule has 1 saturated heterocycles. The Morgan fingerprint density at radius 1 is 1.35 bits per heavy atom. The molecule has 0 aliphatic carbocycles. The number of halogens is 1. The number of rotatable bonds is 3. The van der Waals surface area contributed by atoms with Crippen molar-refractivity contribution >= 4 is 15.9 Å². The number of hydrogen-bond donors (Lipinski definition) is 1. The van der Waals surface area contributed by atoms with Crippen LogP contribution in [-0.4, -0.2) is 22.9 Å². The summed E-state index contributed by atoms with van der Waals surface area (Å²) in [5.74, 6) is 0.741. The third-order valence-corrected chi connectivity index (χ3v) is 3.60. The molecule has 1 aromatic carbocycles. The monoisotopic (exact) mass is 291 g/mol. The predicted molar refractivity (Wildman–Crippen MR) is 71.7 cm³/mol. The Morgan fingerprint density at radius 2 is 2.24 bits per heavy atom. The molecule has 1 aliphatic rings. The van der Waals surface area contributed by atoms with Gasteiger partial charge < -0.3 is 5.32 Å². The van der Waals surface area contributed by atoms with Crippen LogP contribution in [0.5, 0.6) is 0 Å². The van der Waals surface area contributed by atoms with Crippen molar-refractivity contribution in [2.45, 2.75) is 6.54 Å². The molecule has 0 saturated carbocycles. The summed E-state index contributed by atoms with van der Waals surface area (Å²) in [6.07, 6.45) is 4.06. The van der Waals surface area contributed by atoms with Gasteiger partial charge in [0.2, 0.25) is 0 Å². The zero-order valence-electron chi connectivity index (χ0n) is 9.44. The van der Waals surface area contributed by atoms with Crippen LogP contribution in [0, 0.1) is 5.92 Å². The van der Waals surface area contributed by atoms with Crippen molar-refractivity contribution in [1.82, 2.24) is 15.1 Å². The average molecular weight is 292 g/mol. The molecule has 1 fully saturated rings. The molecule has 0 amide bonds. The van der Waals surface area contributed by atoms with Crippen molar-refractivity contribution in [3.8, 4) is 11.1 Å². The molecule has 0 spiro atoms. The minimum absolute atomic E-state index is 0.741. The fourth-order valence-electron chi connectivity index (χ4n) is 2.02. The third-order valence-electron chi connectivity index (χ3n) is 3.10. The van der Waals surface area contributed by atoms with Gasteiger partial charge in [-0.2, -0.15) is 5.10 Å². The molecule has 0 bridgehead atoms. The van der Waals surface area contributed by atoms with Gasteiger partial charge in [0.05, 0.1) is 6.20 Å². The highest BCUT2D eigenvalue weighted by molar-refractivity contribution is 9.10. The van der Waals surface area contributed by atoms with E-state index in [9.17, 15) is 0 Å². The first-order valence-electron chi connectivity index (χ1n) is 5.80. The molecule has 3 nitrogen and oxygen atoms in total. The Labute approximate surface area is 109 Å². The molecule has 2 heterocycles. The molecular weight excluding hydrogens is 278 g/mol. The minimum Gasteiger partial charge on any atom is -0.316 e. The lowest BCUT2D eigenvalue weighted by Gasteiger charge is -2.26. The molecule has 1 N–H and O–H groups in total. The summed E-state index contributed by atoms with van der Waals surface area (Å²) in [5.41, 5.74) is 2.39. The van der Waals surface area contributed by atoms with E-state index in [1.54, 1.807) is 0 Å². The standard InChI is InChI=1S/C13H14BrN3/c14-13-3-1-2-11(4-13)12-7-16-17(9-12)8-10-5-15-6-10/h1-4,7,9-10,15H,5-6,8H2. The van der Waals surface area contributed by atoms with Gasteiger partial charge in [0, 0.05) is 41.8 Å². The van der Waals surface area contributed by atoms with Crippen molar-refractivity contribution in [2.75, 3.05) is 13.1 Å². The lowest BCUT2D eigenvalue weighted by molar-refractivity contribution is 0.295. The molecule has 17 heavy (non-hydrogen) atoms. The van der Waals surface area contributed by atoms with Gasteiger partial charge in [-0.05, 0) is 17.7 Å². The van der Waals surface area contributed by atoms with Crippen LogP contribution >= 0.6 is 15.9 Å². The van der Waals surface area contributed by atoms with Gasteiger partial charge in [-0.3, -0.25) is 4.68 Å². The largest absolute Gasteiger partial charge is 0.316 e. The summed E-state index contributed by atoms with van der Waals surface area (Å²) < 4.78 is 3.15. The van der Waals surface area contributed by atoms with Crippen molar-refractivity contribution in [3.63, 3.8) is 0 Å². The Morgan fingerprint density at radius 3 is 2.94 bits per heavy atom. The number of hydrogen-bond acceptors (Lipinski definition) is 2. The van der Waals surface area contributed by atoms with Crippen LogP contribution < -0.4 is 5.32 Å². The number of nitrogens with zero attached hydrogens (tertiary/aromatic N) is 2. The van der Waals surface area contributed by atoms with Gasteiger partial charge in [0.15, 0.2) is 0 Å². The topological polar surface area (TPSA) is 29.9 Å². The van der Waals surface area contributed by atoms with Crippen LogP contribution in [0.1, 0.15) is 0 Å². The predicted octanol–water partition coefficient (Wildman–Crippen LogP) is 2.53. The highest BCUT2D eigenvalue weighted by Gasteiger charge is 2.17. The lowest BCUT2D eigenvalue weighted by Crippen LogP contribution is -2.44. The fourth-order valence-corrected chi connectivity index (χ4v) is 2.42. The van der Waals surface area contributed by atoms with E-state index in [2.05, 4.69) is 44.7 Å². The zero-order chi connectivity index (χ0) is 11.7. The van der Waals surface area contributed by atoms with Gasteiger partial charge >= 0.3 is 0 Å². The van der Waals surface area contributed by atoms with Gasteiger partial charge in [-0.25, -0.2) is 0 Å². The second-order valence-electron chi connectivity index (χ2n) is 4.49. The Hall–Kier alpha value is -1.13. The first kappa shape index (κ1) is 11.0. The van der Waals surface area contributed by atoms with Crippen molar-refractivity contribution < 1.29 is 0 Å². The highest BCUT2D eigenvalue weighted by Crippen LogP contribution is 2.22. The molecular formula is C13H14BrN3. The van der Waals surface area contributed by atoms with Crippen molar-refractivity contribution in [3.05, 3.63) is 41.1 Å². The van der Waals surface area contributed by atoms with Crippen LogP contribution in [0.2, 0.25) is 0 Å². The summed E-state index contributed by atoms with van der Waals surface area (Å²) in [6.45, 7) is 3.25. The van der Waals surface area contributed by atoms with Crippen LogP contribution in [0.25, 0.3) is 11.1 Å². The maximum atomic E-state index is 4.42. The molecule has 2 aromatic rings. The minimum atomic E-state index is 0.741. The van der Waals surface area contributed by atoms with E-state index in [1.165, 1.54) is 11.1 Å². The summed E-state index contributed by atoms with van der Waals surface area (Å²) in [7, 11) is 0. The maximum absolute atomic E-state index is 4.42. The molecule has 88 valence electrons. The van der Waals surface area contributed by atoms with E-state index in [0.717, 1.165) is 30.0 Å². The van der Waals surface area contributed by atoms with Crippen LogP contribution in [0.15, 0.2) is 41.1 Å². The van der Waals surface area contributed by atoms with E-state index in [0.29, 0.717) is 0 Å². The SMILES string of the molecule is Brc1cccc(-c2cnn(CC3CNC3)c2)c1. The van der Waals surface area contributed by atoms with Gasteiger partial charge in [0.25, 0.3) is 0 Å². The van der Waals surface area contributed by atoms with Gasteiger partial charge in [-0.1, -0.05) is 28.1 Å². The normalized spacial score (nSPS) is 15.8. The molecule has 1 aromatic heterocycles. The number of benzene rings is 1. The van der Waals surface area contributed by atoms with Gasteiger partial charge in [-0.15, -0.1) is 0 Å². The van der Waals surface area contributed by atoms with E-state index in [1.807, 2.05) is 23.0 Å². The molecule has 0 radical (unpaired) electrons. The molecule has 3 rings (SSSR count). The average Bonchev–Trinajstić information content (AvgIpc) is 2.72. The van der Waals surface area contributed by atoms with E-state index >= 15 is 0 Å². The Balaban J connectivity index is 1.79. The number of aromatic nitrogens is 2. The first-order valence-corrected chi connectivity index (χ1v) is 6.60. The molecule has 0 unspecified atom stereocenters. The van der Waals surface area contributed by atoms with E-state index < -0.39 is 0 Å². The first-order chi connectivity index (χ1) is 8.31. The lowest BCUT2D eigenvalue weighted by atomic mass is 10.0. The van der Waals surface area contributed by atoms with Crippen LogP contribution in [0.3, 0.4) is 0 Å². The fraction of sp³-hybridized carbons (Fsp3) is 0.308. The molecule has 4 heteroatoms. The molecule has 0 atom stereocenters. The van der Waals surface area contributed by atoms with E-state index in [4.69, 9.17) is 0 Å². The second kappa shape index (κ2) is 4.63. The van der Waals surface area contributed by atoms with Crippen molar-refractivity contribution in [2.24, 2.45) is 5.92 Å². The summed E-state index contributed by atoms with van der Waals surface area (Å²) in [5, 5.41) is 7.70. The Bertz CT molecular complexity index is 517. The van der Waals surface area contributed by atoms with Crippen LogP contribution in [-0.2, 0) is 6.54 Å². The third kappa shape index (κ3) is 2.42. The summed E-state index contributed by atoms with van der Waals surface area (Å²) >= 11 is 3.49. The smallest absolute Gasteiger partial charge is 0.0568 e. The van der Waals surface area contributed by atoms with E-state index in [-0.39, 0.29) is 0 Å². The zero-order valence-corrected chi connectivity index (χ0v) is 11.0. The van der Waals surface area contributed by atoms with Crippen molar-refractivity contribution in [1.29, 1.82) is 0 Å². The summed E-state index contributed by atoms with van der Waals surface area (Å²) in [4.78, 5) is 0. The molecule has 1 aliphatic heterocycles. The Kier molecular flexibility index (Phi) is 2.99.